The second-order valence-corrected chi connectivity index (χ2v) is 10.0. The Morgan fingerprint density at radius 1 is 1.27 bits per heavy atom. The number of aromatic nitrogens is 5. The van der Waals surface area contributed by atoms with E-state index in [1.807, 2.05) is 18.2 Å². The van der Waals surface area contributed by atoms with E-state index in [2.05, 4.69) is 47.7 Å². The Balaban J connectivity index is 1.25. The molecule has 1 aliphatic heterocycles. The van der Waals surface area contributed by atoms with Crippen LogP contribution in [-0.4, -0.2) is 67.1 Å². The number of halogens is 1. The van der Waals surface area contributed by atoms with Crippen molar-refractivity contribution < 1.29 is 9.59 Å². The average Bonchev–Trinajstić information content (AvgIpc) is 3.51. The quantitative estimate of drug-likeness (QED) is 0.388. The molecule has 1 aliphatic carbocycles. The molecular formula is C25H22BrN9O2. The van der Waals surface area contributed by atoms with Crippen molar-refractivity contribution in [2.24, 2.45) is 5.92 Å². The molecule has 11 nitrogen and oxygen atoms in total. The van der Waals surface area contributed by atoms with Gasteiger partial charge in [-0.05, 0) is 53.4 Å². The Morgan fingerprint density at radius 3 is 3.00 bits per heavy atom. The fourth-order valence-corrected chi connectivity index (χ4v) is 5.55. The number of fused-ring (bicyclic) bond motifs is 2. The first-order chi connectivity index (χ1) is 18.0. The molecule has 37 heavy (non-hydrogen) atoms. The number of nitriles is 1. The lowest BCUT2D eigenvalue weighted by Gasteiger charge is -2.29. The van der Waals surface area contributed by atoms with Crippen LogP contribution in [0.3, 0.4) is 0 Å². The highest BCUT2D eigenvalue weighted by atomic mass is 79.9. The molecule has 2 fully saturated rings. The Bertz CT molecular complexity index is 1590. The average molecular weight is 560 g/mol. The molecule has 1 saturated carbocycles. The molecule has 2 N–H and O–H groups in total. The van der Waals surface area contributed by atoms with Crippen LogP contribution in [0.25, 0.3) is 27.6 Å². The van der Waals surface area contributed by atoms with Crippen LogP contribution < -0.4 is 10.6 Å². The van der Waals surface area contributed by atoms with Crippen molar-refractivity contribution in [3.63, 3.8) is 0 Å². The Labute approximate surface area is 220 Å². The highest BCUT2D eigenvalue weighted by molar-refractivity contribution is 9.10. The van der Waals surface area contributed by atoms with Gasteiger partial charge in [0.2, 0.25) is 17.8 Å². The summed E-state index contributed by atoms with van der Waals surface area (Å²) in [6, 6.07) is 9.67. The zero-order chi connectivity index (χ0) is 25.5. The lowest BCUT2D eigenvalue weighted by Crippen LogP contribution is -2.51. The lowest BCUT2D eigenvalue weighted by atomic mass is 10.1. The smallest absolute Gasteiger partial charge is 0.239 e. The van der Waals surface area contributed by atoms with Crippen LogP contribution in [0.2, 0.25) is 0 Å². The molecule has 0 unspecified atom stereocenters. The highest BCUT2D eigenvalue weighted by Crippen LogP contribution is 2.31. The van der Waals surface area contributed by atoms with Crippen molar-refractivity contribution in [2.75, 3.05) is 25.0 Å². The molecule has 2 atom stereocenters. The molecule has 2 aliphatic rings. The number of carbonyl (C=O) groups excluding carboxylic acids is 2. The molecule has 6 rings (SSSR count). The van der Waals surface area contributed by atoms with Crippen molar-refractivity contribution in [3.05, 3.63) is 46.8 Å². The van der Waals surface area contributed by atoms with E-state index in [0.29, 0.717) is 52.5 Å². The van der Waals surface area contributed by atoms with Gasteiger partial charge in [0, 0.05) is 42.8 Å². The lowest BCUT2D eigenvalue weighted by molar-refractivity contribution is -0.141. The van der Waals surface area contributed by atoms with Gasteiger partial charge in [-0.25, -0.2) is 9.67 Å². The number of carbonyl (C=O) groups is 2. The van der Waals surface area contributed by atoms with Crippen LogP contribution in [0, 0.1) is 17.2 Å². The van der Waals surface area contributed by atoms with Crippen LogP contribution in [0.15, 0.2) is 41.3 Å². The van der Waals surface area contributed by atoms with Crippen molar-refractivity contribution >= 4 is 55.6 Å². The first-order valence-corrected chi connectivity index (χ1v) is 12.8. The molecule has 0 radical (unpaired) electrons. The summed E-state index contributed by atoms with van der Waals surface area (Å²) in [6.07, 6.45) is 5.59. The second-order valence-electron chi connectivity index (χ2n) is 9.27. The number of anilines is 1. The molecule has 4 heterocycles. The van der Waals surface area contributed by atoms with Crippen molar-refractivity contribution in [2.45, 2.75) is 25.3 Å². The molecule has 0 spiro atoms. The summed E-state index contributed by atoms with van der Waals surface area (Å²) < 4.78 is 2.28. The molecule has 1 aromatic carbocycles. The van der Waals surface area contributed by atoms with E-state index < -0.39 is 0 Å². The maximum absolute atomic E-state index is 12.9. The minimum absolute atomic E-state index is 0.0385. The summed E-state index contributed by atoms with van der Waals surface area (Å²) in [6.45, 7) is 1.18. The predicted octanol–water partition coefficient (Wildman–Crippen LogP) is 2.54. The van der Waals surface area contributed by atoms with E-state index in [9.17, 15) is 14.9 Å². The SMILES string of the molecule is N#Cc1cc(-n2nc(Br)c3cnc(N[C@@H]4CC[C@@H](C(=O)N5CCNC(=O)C5)C4)nc32)cc2cccnc12. The van der Waals surface area contributed by atoms with Gasteiger partial charge in [0.05, 0.1) is 28.7 Å². The van der Waals surface area contributed by atoms with Gasteiger partial charge in [-0.3, -0.25) is 14.6 Å². The number of rotatable bonds is 4. The third-order valence-electron chi connectivity index (χ3n) is 6.90. The van der Waals surface area contributed by atoms with Gasteiger partial charge >= 0.3 is 0 Å². The van der Waals surface area contributed by atoms with Crippen LogP contribution in [0.5, 0.6) is 0 Å². The topological polar surface area (TPSA) is 142 Å². The third kappa shape index (κ3) is 4.35. The molecule has 1 saturated heterocycles. The monoisotopic (exact) mass is 559 g/mol. The second kappa shape index (κ2) is 9.40. The number of nitrogens with zero attached hydrogens (tertiary/aromatic N) is 7. The standard InChI is InChI=1S/C25H22BrN9O2/c26-22-19-12-30-25(31-17-4-3-15(8-17)24(37)34-7-6-28-20(36)13-34)32-23(19)35(33-22)18-9-14-2-1-5-29-21(14)16(10-18)11-27/h1-2,5,9-10,12,15,17H,3-4,6-8,13H2,(H,28,36)(H,30,31,32)/t15-,17-/m1/s1. The number of hydrogen-bond donors (Lipinski definition) is 2. The number of piperazine rings is 1. The fraction of sp³-hybridized carbons (Fsp3) is 0.320. The van der Waals surface area contributed by atoms with Crippen molar-refractivity contribution in [1.29, 1.82) is 5.26 Å². The molecule has 3 aromatic heterocycles. The predicted molar refractivity (Wildman–Crippen MR) is 139 cm³/mol. The minimum atomic E-state index is -0.123. The van der Waals surface area contributed by atoms with E-state index in [1.165, 1.54) is 0 Å². The van der Waals surface area contributed by atoms with Crippen molar-refractivity contribution in [1.82, 2.24) is 34.9 Å². The fourth-order valence-electron chi connectivity index (χ4n) is 5.11. The zero-order valence-electron chi connectivity index (χ0n) is 19.7. The van der Waals surface area contributed by atoms with Crippen molar-refractivity contribution in [3.8, 4) is 11.8 Å². The summed E-state index contributed by atoms with van der Waals surface area (Å²) in [5, 5.41) is 22.0. The largest absolute Gasteiger partial charge is 0.353 e. The van der Waals surface area contributed by atoms with Gasteiger partial charge < -0.3 is 15.5 Å². The summed E-state index contributed by atoms with van der Waals surface area (Å²) in [5.41, 5.74) is 2.36. The highest BCUT2D eigenvalue weighted by Gasteiger charge is 2.34. The van der Waals surface area contributed by atoms with E-state index in [0.717, 1.165) is 23.6 Å². The number of benzene rings is 1. The Hall–Kier alpha value is -4.11. The molecule has 186 valence electrons. The molecular weight excluding hydrogens is 538 g/mol. The van der Waals surface area contributed by atoms with Crippen LogP contribution in [-0.2, 0) is 9.59 Å². The van der Waals surface area contributed by atoms with Gasteiger partial charge in [0.25, 0.3) is 0 Å². The number of hydrogen-bond acceptors (Lipinski definition) is 8. The Morgan fingerprint density at radius 2 is 2.16 bits per heavy atom. The third-order valence-corrected chi connectivity index (χ3v) is 7.48. The first kappa shape index (κ1) is 23.3. The Kier molecular flexibility index (Phi) is 5.92. The van der Waals surface area contributed by atoms with Gasteiger partial charge in [0.15, 0.2) is 5.65 Å². The van der Waals surface area contributed by atoms with E-state index >= 15 is 0 Å². The van der Waals surface area contributed by atoms with E-state index in [4.69, 9.17) is 4.98 Å². The maximum Gasteiger partial charge on any atom is 0.239 e. The summed E-state index contributed by atoms with van der Waals surface area (Å²) in [5.74, 6) is 0.250. The summed E-state index contributed by atoms with van der Waals surface area (Å²) in [4.78, 5) is 39.8. The maximum atomic E-state index is 12.9. The van der Waals surface area contributed by atoms with Gasteiger partial charge in [0.1, 0.15) is 10.7 Å². The molecule has 4 aromatic rings. The van der Waals surface area contributed by atoms with Crippen LogP contribution in [0.4, 0.5) is 5.95 Å². The number of amides is 2. The van der Waals surface area contributed by atoms with Crippen LogP contribution >= 0.6 is 15.9 Å². The van der Waals surface area contributed by atoms with Gasteiger partial charge in [-0.2, -0.15) is 15.3 Å². The van der Waals surface area contributed by atoms with E-state index in [-0.39, 0.29) is 30.3 Å². The van der Waals surface area contributed by atoms with Gasteiger partial charge in [-0.1, -0.05) is 6.07 Å². The van der Waals surface area contributed by atoms with Gasteiger partial charge in [-0.15, -0.1) is 0 Å². The molecule has 0 bridgehead atoms. The molecule has 12 heteroatoms. The first-order valence-electron chi connectivity index (χ1n) is 12.0. The summed E-state index contributed by atoms with van der Waals surface area (Å²) in [7, 11) is 0. The zero-order valence-corrected chi connectivity index (χ0v) is 21.3. The minimum Gasteiger partial charge on any atom is -0.353 e. The molecule has 2 amide bonds. The summed E-state index contributed by atoms with van der Waals surface area (Å²) >= 11 is 3.50. The number of nitrogens with one attached hydrogen (secondary N) is 2. The normalized spacial score (nSPS) is 19.7. The van der Waals surface area contributed by atoms with E-state index in [1.54, 1.807) is 28.0 Å². The number of pyridine rings is 1. The van der Waals surface area contributed by atoms with Crippen LogP contribution in [0.1, 0.15) is 24.8 Å².